The molecule has 0 saturated carbocycles. The quantitative estimate of drug-likeness (QED) is 0.722. The monoisotopic (exact) mass is 388 g/mol. The Morgan fingerprint density at radius 3 is 2.93 bits per heavy atom. The molecule has 1 aliphatic heterocycles. The van der Waals surface area contributed by atoms with Gasteiger partial charge in [0.15, 0.2) is 6.54 Å². The minimum atomic E-state index is -0.760. The summed E-state index contributed by atoms with van der Waals surface area (Å²) in [5.74, 6) is -1.35. The van der Waals surface area contributed by atoms with Crippen molar-refractivity contribution in [3.05, 3.63) is 59.1 Å². The maximum Gasteiger partial charge on any atom is 0.279 e. The van der Waals surface area contributed by atoms with Crippen LogP contribution in [-0.2, 0) is 4.79 Å². The highest BCUT2D eigenvalue weighted by Gasteiger charge is 2.28. The largest absolute Gasteiger partial charge is 0.327 e. The summed E-state index contributed by atoms with van der Waals surface area (Å²) in [5, 5.41) is 3.67. The van der Waals surface area contributed by atoms with Gasteiger partial charge < -0.3 is 10.2 Å². The molecule has 140 valence electrons. The van der Waals surface area contributed by atoms with E-state index in [1.807, 2.05) is 18.2 Å². The molecule has 0 aliphatic carbocycles. The van der Waals surface area contributed by atoms with Gasteiger partial charge >= 0.3 is 0 Å². The second-order valence-corrected chi connectivity index (χ2v) is 7.97. The van der Waals surface area contributed by atoms with Gasteiger partial charge in [-0.1, -0.05) is 12.1 Å². The lowest BCUT2D eigenvalue weighted by molar-refractivity contribution is -0.898. The number of carbonyl (C=O) groups excluding carboxylic acids is 1. The summed E-state index contributed by atoms with van der Waals surface area (Å²) in [5.41, 5.74) is 1.04. The van der Waals surface area contributed by atoms with Crippen LogP contribution in [-0.4, -0.2) is 30.5 Å². The van der Waals surface area contributed by atoms with Gasteiger partial charge in [-0.2, -0.15) is 0 Å². The van der Waals surface area contributed by atoms with Crippen molar-refractivity contribution in [2.45, 2.75) is 18.8 Å². The minimum Gasteiger partial charge on any atom is -0.327 e. The number of para-hydroxylation sites is 1. The van der Waals surface area contributed by atoms with E-state index in [4.69, 9.17) is 4.98 Å². The zero-order valence-corrected chi connectivity index (χ0v) is 15.5. The molecule has 2 atom stereocenters. The Morgan fingerprint density at radius 2 is 2.11 bits per heavy atom. The molecule has 2 aromatic carbocycles. The van der Waals surface area contributed by atoms with Crippen LogP contribution in [0.1, 0.15) is 23.8 Å². The Kier molecular flexibility index (Phi) is 5.13. The number of thiazole rings is 1. The zero-order valence-electron chi connectivity index (χ0n) is 14.7. The molecule has 4 nitrogen and oxygen atoms in total. The van der Waals surface area contributed by atoms with Crippen LogP contribution in [0.5, 0.6) is 0 Å². The van der Waals surface area contributed by atoms with Gasteiger partial charge in [0.25, 0.3) is 5.91 Å². The third kappa shape index (κ3) is 4.14. The van der Waals surface area contributed by atoms with E-state index in [1.54, 1.807) is 11.3 Å². The molecular weight excluding hydrogens is 368 g/mol. The topological polar surface area (TPSA) is 46.4 Å². The number of nitrogens with one attached hydrogen (secondary N) is 2. The Balaban J connectivity index is 1.40. The van der Waals surface area contributed by atoms with E-state index in [1.165, 1.54) is 10.8 Å². The van der Waals surface area contributed by atoms with Crippen molar-refractivity contribution in [3.63, 3.8) is 0 Å². The Hall–Kier alpha value is -2.38. The number of benzene rings is 2. The highest BCUT2D eigenvalue weighted by atomic mass is 32.1. The molecule has 0 spiro atoms. The highest BCUT2D eigenvalue weighted by molar-refractivity contribution is 7.18. The summed E-state index contributed by atoms with van der Waals surface area (Å²) in [6.07, 6.45) is 2.09. The van der Waals surface area contributed by atoms with Gasteiger partial charge in [0.1, 0.15) is 16.6 Å². The second kappa shape index (κ2) is 7.70. The van der Waals surface area contributed by atoms with Gasteiger partial charge in [-0.15, -0.1) is 11.3 Å². The molecule has 1 aromatic heterocycles. The third-order valence-corrected chi connectivity index (χ3v) is 6.09. The molecule has 27 heavy (non-hydrogen) atoms. The highest BCUT2D eigenvalue weighted by Crippen LogP contribution is 2.30. The molecule has 2 N–H and O–H groups in total. The Morgan fingerprint density at radius 1 is 1.26 bits per heavy atom. The first-order valence-electron chi connectivity index (χ1n) is 9.02. The van der Waals surface area contributed by atoms with E-state index in [0.717, 1.165) is 53.5 Å². The molecule has 1 unspecified atom stereocenters. The number of nitrogens with zero attached hydrogens (tertiary/aromatic N) is 1. The fourth-order valence-electron chi connectivity index (χ4n) is 3.60. The molecule has 1 aliphatic rings. The first kappa shape index (κ1) is 18.0. The van der Waals surface area contributed by atoms with E-state index >= 15 is 0 Å². The number of anilines is 1. The van der Waals surface area contributed by atoms with Crippen molar-refractivity contribution in [1.29, 1.82) is 0 Å². The Bertz CT molecular complexity index is 942. The molecule has 7 heteroatoms. The van der Waals surface area contributed by atoms with Gasteiger partial charge in [-0.05, 0) is 37.1 Å². The number of amides is 1. The average Bonchev–Trinajstić information content (AvgIpc) is 3.08. The lowest BCUT2D eigenvalue weighted by Crippen LogP contribution is -3.14. The second-order valence-electron chi connectivity index (χ2n) is 6.91. The fourth-order valence-corrected chi connectivity index (χ4v) is 4.70. The first-order chi connectivity index (χ1) is 13.1. The van der Waals surface area contributed by atoms with E-state index < -0.39 is 11.6 Å². The number of quaternary nitrogens is 1. The van der Waals surface area contributed by atoms with Gasteiger partial charge in [0, 0.05) is 6.07 Å². The summed E-state index contributed by atoms with van der Waals surface area (Å²) >= 11 is 1.72. The summed E-state index contributed by atoms with van der Waals surface area (Å²) in [6, 6.07) is 11.3. The maximum absolute atomic E-state index is 13.7. The molecule has 2 heterocycles. The van der Waals surface area contributed by atoms with Gasteiger partial charge in [0.05, 0.1) is 34.9 Å². The predicted octanol–water partition coefficient (Wildman–Crippen LogP) is 2.98. The van der Waals surface area contributed by atoms with Crippen LogP contribution in [0.3, 0.4) is 0 Å². The van der Waals surface area contributed by atoms with Crippen molar-refractivity contribution in [1.82, 2.24) is 4.98 Å². The van der Waals surface area contributed by atoms with Crippen LogP contribution >= 0.6 is 11.3 Å². The number of aromatic nitrogens is 1. The lowest BCUT2D eigenvalue weighted by atomic mass is 9.99. The normalized spacial score (nSPS) is 19.9. The maximum atomic E-state index is 13.7. The minimum absolute atomic E-state index is 0.0144. The predicted molar refractivity (Wildman–Crippen MR) is 102 cm³/mol. The van der Waals surface area contributed by atoms with Crippen molar-refractivity contribution in [2.75, 3.05) is 25.0 Å². The van der Waals surface area contributed by atoms with Crippen molar-refractivity contribution in [2.24, 2.45) is 0 Å². The van der Waals surface area contributed by atoms with Gasteiger partial charge in [-0.25, -0.2) is 13.8 Å². The van der Waals surface area contributed by atoms with Crippen LogP contribution in [0.25, 0.3) is 10.2 Å². The smallest absolute Gasteiger partial charge is 0.279 e. The summed E-state index contributed by atoms with van der Waals surface area (Å²) in [4.78, 5) is 18.2. The number of halogens is 2. The molecule has 0 radical (unpaired) electrons. The fraction of sp³-hybridized carbons (Fsp3) is 0.300. The molecule has 1 saturated heterocycles. The summed E-state index contributed by atoms with van der Waals surface area (Å²) < 4.78 is 27.9. The van der Waals surface area contributed by atoms with Crippen LogP contribution in [0.4, 0.5) is 14.5 Å². The standard InChI is InChI=1S/C20H19F2N3OS/c21-14-7-8-16(15(22)10-14)23-19(26)12-25-9-3-4-13(11-25)20-24-17-5-1-2-6-18(17)27-20/h1-2,5-8,10,13H,3-4,9,11-12H2,(H,23,26)/p+1/t13-/m1/s1. The Labute approximate surface area is 159 Å². The average molecular weight is 388 g/mol. The lowest BCUT2D eigenvalue weighted by Gasteiger charge is -2.28. The summed E-state index contributed by atoms with van der Waals surface area (Å²) in [6.45, 7) is 2.00. The van der Waals surface area contributed by atoms with Crippen molar-refractivity contribution < 1.29 is 18.5 Å². The number of likely N-dealkylation sites (tertiary alicyclic amines) is 1. The van der Waals surface area contributed by atoms with Gasteiger partial charge in [-0.3, -0.25) is 4.79 Å². The number of piperidine rings is 1. The van der Waals surface area contributed by atoms with E-state index in [-0.39, 0.29) is 18.1 Å². The van der Waals surface area contributed by atoms with Crippen molar-refractivity contribution in [3.8, 4) is 0 Å². The number of rotatable bonds is 4. The third-order valence-electron chi connectivity index (χ3n) is 4.89. The molecule has 1 amide bonds. The number of fused-ring (bicyclic) bond motifs is 1. The molecule has 3 aromatic rings. The first-order valence-corrected chi connectivity index (χ1v) is 9.84. The molecule has 0 bridgehead atoms. The van der Waals surface area contributed by atoms with E-state index in [9.17, 15) is 13.6 Å². The van der Waals surface area contributed by atoms with Crippen LogP contribution < -0.4 is 10.2 Å². The van der Waals surface area contributed by atoms with Crippen LogP contribution in [0.15, 0.2) is 42.5 Å². The molecular formula is C20H20F2N3OS+. The van der Waals surface area contributed by atoms with E-state index in [0.29, 0.717) is 5.92 Å². The SMILES string of the molecule is O=C(C[NH+]1CCC[C@@H](c2nc3ccccc3s2)C1)Nc1ccc(F)cc1F. The number of carbonyl (C=O) groups is 1. The van der Waals surface area contributed by atoms with E-state index in [2.05, 4.69) is 11.4 Å². The van der Waals surface area contributed by atoms with Gasteiger partial charge in [0.2, 0.25) is 0 Å². The summed E-state index contributed by atoms with van der Waals surface area (Å²) in [7, 11) is 0. The number of hydrogen-bond donors (Lipinski definition) is 2. The molecule has 1 fully saturated rings. The molecule has 4 rings (SSSR count). The van der Waals surface area contributed by atoms with Crippen molar-refractivity contribution >= 4 is 33.1 Å². The van der Waals surface area contributed by atoms with Crippen LogP contribution in [0.2, 0.25) is 0 Å². The number of hydrogen-bond acceptors (Lipinski definition) is 3. The zero-order chi connectivity index (χ0) is 18.8. The van der Waals surface area contributed by atoms with Crippen LogP contribution in [0, 0.1) is 11.6 Å².